The van der Waals surface area contributed by atoms with E-state index in [0.29, 0.717) is 30.0 Å². The topological polar surface area (TPSA) is 80.5 Å². The molecule has 0 bridgehead atoms. The highest BCUT2D eigenvalue weighted by Gasteiger charge is 2.33. The zero-order chi connectivity index (χ0) is 15.8. The molecule has 21 heavy (non-hydrogen) atoms. The lowest BCUT2D eigenvalue weighted by atomic mass is 9.99. The molecule has 1 heterocycles. The van der Waals surface area contributed by atoms with Gasteiger partial charge in [0.15, 0.2) is 0 Å². The molecule has 2 N–H and O–H groups in total. The van der Waals surface area contributed by atoms with Crippen LogP contribution in [0.25, 0.3) is 0 Å². The van der Waals surface area contributed by atoms with Gasteiger partial charge in [0, 0.05) is 18.1 Å². The average molecular weight is 351 g/mol. The van der Waals surface area contributed by atoms with Gasteiger partial charge in [-0.25, -0.2) is 8.42 Å². The van der Waals surface area contributed by atoms with Crippen LogP contribution in [0.1, 0.15) is 18.4 Å². The first-order valence-corrected chi connectivity index (χ1v) is 8.68. The first kappa shape index (κ1) is 16.5. The number of piperidine rings is 1. The smallest absolute Gasteiger partial charge is 0.244 e. The minimum absolute atomic E-state index is 0.0104. The van der Waals surface area contributed by atoms with Crippen LogP contribution in [0.5, 0.6) is 0 Å². The van der Waals surface area contributed by atoms with Gasteiger partial charge in [0.25, 0.3) is 0 Å². The summed E-state index contributed by atoms with van der Waals surface area (Å²) in [5, 5.41) is 0.486. The van der Waals surface area contributed by atoms with Crippen molar-refractivity contribution in [3.8, 4) is 0 Å². The number of halogens is 2. The van der Waals surface area contributed by atoms with Crippen LogP contribution in [0.4, 0.5) is 0 Å². The van der Waals surface area contributed by atoms with Crippen molar-refractivity contribution in [3.05, 3.63) is 27.7 Å². The summed E-state index contributed by atoms with van der Waals surface area (Å²) in [4.78, 5) is 11.3. The van der Waals surface area contributed by atoms with Gasteiger partial charge in [-0.1, -0.05) is 23.2 Å². The molecule has 1 aliphatic heterocycles. The standard InChI is InChI=1S/C13H16Cl2N2O3S/c1-8-5-12(11(15)6-10(8)14)21(19,20)17-4-2-3-9(7-17)13(16)18/h5-6,9H,2-4,7H2,1H3,(H2,16,18). The largest absolute Gasteiger partial charge is 0.369 e. The molecule has 0 saturated carbocycles. The number of amides is 1. The van der Waals surface area contributed by atoms with Gasteiger partial charge < -0.3 is 5.73 Å². The second-order valence-electron chi connectivity index (χ2n) is 5.14. The number of carbonyl (C=O) groups excluding carboxylic acids is 1. The number of nitrogens with zero attached hydrogens (tertiary/aromatic N) is 1. The van der Waals surface area contributed by atoms with Crippen molar-refractivity contribution in [3.63, 3.8) is 0 Å². The molecule has 5 nitrogen and oxygen atoms in total. The van der Waals surface area contributed by atoms with E-state index >= 15 is 0 Å². The van der Waals surface area contributed by atoms with Crippen LogP contribution in [0, 0.1) is 12.8 Å². The summed E-state index contributed by atoms with van der Waals surface area (Å²) >= 11 is 12.0. The molecule has 1 atom stereocenters. The van der Waals surface area contributed by atoms with Crippen molar-refractivity contribution in [2.75, 3.05) is 13.1 Å². The van der Waals surface area contributed by atoms with Gasteiger partial charge in [0.05, 0.1) is 10.9 Å². The predicted octanol–water partition coefficient (Wildman–Crippen LogP) is 2.19. The number of sulfonamides is 1. The van der Waals surface area contributed by atoms with Gasteiger partial charge in [-0.05, 0) is 37.5 Å². The Bertz CT molecular complexity index is 676. The highest BCUT2D eigenvalue weighted by Crippen LogP contribution is 2.32. The van der Waals surface area contributed by atoms with E-state index in [1.807, 2.05) is 0 Å². The third-order valence-corrected chi connectivity index (χ3v) is 6.35. The fourth-order valence-corrected chi connectivity index (χ4v) is 4.69. The molecule has 1 aromatic carbocycles. The molecule has 1 aromatic rings. The Kier molecular flexibility index (Phi) is 4.82. The number of primary amides is 1. The Labute approximate surface area is 134 Å². The molecule has 1 amide bonds. The molecule has 0 radical (unpaired) electrons. The fraction of sp³-hybridized carbons (Fsp3) is 0.462. The lowest BCUT2D eigenvalue weighted by molar-refractivity contribution is -0.122. The summed E-state index contributed by atoms with van der Waals surface area (Å²) in [6.45, 7) is 2.15. The number of hydrogen-bond acceptors (Lipinski definition) is 3. The third kappa shape index (κ3) is 3.34. The van der Waals surface area contributed by atoms with E-state index in [1.54, 1.807) is 6.92 Å². The molecule has 0 spiro atoms. The number of nitrogens with two attached hydrogens (primary N) is 1. The molecular weight excluding hydrogens is 335 g/mol. The third-order valence-electron chi connectivity index (χ3n) is 3.62. The van der Waals surface area contributed by atoms with E-state index in [0.717, 1.165) is 0 Å². The lowest BCUT2D eigenvalue weighted by Gasteiger charge is -2.30. The molecule has 1 fully saturated rings. The molecule has 2 rings (SSSR count). The van der Waals surface area contributed by atoms with E-state index in [9.17, 15) is 13.2 Å². The molecular formula is C13H16Cl2N2O3S. The Morgan fingerprint density at radius 2 is 2.00 bits per heavy atom. The van der Waals surface area contributed by atoms with Crippen LogP contribution in [0.2, 0.25) is 10.0 Å². The number of aryl methyl sites for hydroxylation is 1. The minimum Gasteiger partial charge on any atom is -0.369 e. The van der Waals surface area contributed by atoms with E-state index in [4.69, 9.17) is 28.9 Å². The van der Waals surface area contributed by atoms with Gasteiger partial charge in [-0.2, -0.15) is 4.31 Å². The molecule has 0 aromatic heterocycles. The Morgan fingerprint density at radius 3 is 2.62 bits per heavy atom. The molecule has 116 valence electrons. The van der Waals surface area contributed by atoms with Crippen molar-refractivity contribution in [2.45, 2.75) is 24.7 Å². The summed E-state index contributed by atoms with van der Waals surface area (Å²) in [6.07, 6.45) is 1.20. The van der Waals surface area contributed by atoms with E-state index in [1.165, 1.54) is 16.4 Å². The molecule has 8 heteroatoms. The minimum atomic E-state index is -3.76. The van der Waals surface area contributed by atoms with Crippen molar-refractivity contribution < 1.29 is 13.2 Å². The van der Waals surface area contributed by atoms with E-state index < -0.39 is 21.8 Å². The number of benzene rings is 1. The second-order valence-corrected chi connectivity index (χ2v) is 7.86. The fourth-order valence-electron chi connectivity index (χ4n) is 2.36. The first-order chi connectivity index (χ1) is 9.73. The van der Waals surface area contributed by atoms with Crippen molar-refractivity contribution in [2.24, 2.45) is 11.7 Å². The lowest BCUT2D eigenvalue weighted by Crippen LogP contribution is -2.44. The second kappa shape index (κ2) is 6.12. The van der Waals surface area contributed by atoms with Crippen molar-refractivity contribution in [1.29, 1.82) is 0 Å². The first-order valence-electron chi connectivity index (χ1n) is 6.48. The van der Waals surface area contributed by atoms with Crippen LogP contribution in [-0.2, 0) is 14.8 Å². The maximum atomic E-state index is 12.7. The average Bonchev–Trinajstić information content (AvgIpc) is 2.42. The maximum absolute atomic E-state index is 12.7. The van der Waals surface area contributed by atoms with Crippen LogP contribution in [0.3, 0.4) is 0 Å². The molecule has 1 saturated heterocycles. The van der Waals surface area contributed by atoms with Gasteiger partial charge in [-0.3, -0.25) is 4.79 Å². The van der Waals surface area contributed by atoms with Gasteiger partial charge in [-0.15, -0.1) is 0 Å². The maximum Gasteiger partial charge on any atom is 0.244 e. The summed E-state index contributed by atoms with van der Waals surface area (Å²) in [5.41, 5.74) is 5.91. The number of rotatable bonds is 3. The Morgan fingerprint density at radius 1 is 1.33 bits per heavy atom. The monoisotopic (exact) mass is 350 g/mol. The van der Waals surface area contributed by atoms with E-state index in [-0.39, 0.29) is 16.5 Å². The van der Waals surface area contributed by atoms with Gasteiger partial charge >= 0.3 is 0 Å². The zero-order valence-electron chi connectivity index (χ0n) is 11.5. The SMILES string of the molecule is Cc1cc(S(=O)(=O)N2CCCC(C(N)=O)C2)c(Cl)cc1Cl. The predicted molar refractivity (Wildman–Crippen MR) is 81.9 cm³/mol. The normalized spacial score (nSPS) is 20.4. The van der Waals surface area contributed by atoms with Crippen molar-refractivity contribution >= 4 is 39.1 Å². The summed E-state index contributed by atoms with van der Waals surface area (Å²) in [7, 11) is -3.76. The summed E-state index contributed by atoms with van der Waals surface area (Å²) in [6, 6.07) is 2.87. The molecule has 1 aliphatic rings. The highest BCUT2D eigenvalue weighted by atomic mass is 35.5. The Hall–Kier alpha value is -0.820. The highest BCUT2D eigenvalue weighted by molar-refractivity contribution is 7.89. The quantitative estimate of drug-likeness (QED) is 0.906. The Balaban J connectivity index is 2.38. The summed E-state index contributed by atoms with van der Waals surface area (Å²) in [5.74, 6) is -0.936. The van der Waals surface area contributed by atoms with Crippen molar-refractivity contribution in [1.82, 2.24) is 4.31 Å². The zero-order valence-corrected chi connectivity index (χ0v) is 13.8. The molecule has 0 aliphatic carbocycles. The van der Waals surface area contributed by atoms with Crippen LogP contribution < -0.4 is 5.73 Å². The van der Waals surface area contributed by atoms with Gasteiger partial charge in [0.1, 0.15) is 4.90 Å². The number of carbonyl (C=O) groups is 1. The summed E-state index contributed by atoms with van der Waals surface area (Å²) < 4.78 is 26.6. The van der Waals surface area contributed by atoms with E-state index in [2.05, 4.69) is 0 Å². The van der Waals surface area contributed by atoms with Crippen LogP contribution >= 0.6 is 23.2 Å². The van der Waals surface area contributed by atoms with Gasteiger partial charge in [0.2, 0.25) is 15.9 Å². The number of hydrogen-bond donors (Lipinski definition) is 1. The van der Waals surface area contributed by atoms with Crippen LogP contribution in [0.15, 0.2) is 17.0 Å². The molecule has 1 unspecified atom stereocenters. The van der Waals surface area contributed by atoms with Crippen LogP contribution in [-0.4, -0.2) is 31.7 Å².